The van der Waals surface area contributed by atoms with Crippen LogP contribution in [0.4, 0.5) is 10.1 Å². The molecule has 0 radical (unpaired) electrons. The summed E-state index contributed by atoms with van der Waals surface area (Å²) in [4.78, 5) is 21.0. The van der Waals surface area contributed by atoms with Gasteiger partial charge in [-0.25, -0.2) is 9.37 Å². The third kappa shape index (κ3) is 3.82. The van der Waals surface area contributed by atoms with Gasteiger partial charge in [0.2, 0.25) is 0 Å². The molecule has 0 fully saturated rings. The van der Waals surface area contributed by atoms with Gasteiger partial charge in [0, 0.05) is 11.4 Å². The first kappa shape index (κ1) is 17.4. The molecule has 1 atom stereocenters. The topological polar surface area (TPSA) is 80.4 Å². The number of nitrogens with zero attached hydrogens (tertiary/aromatic N) is 2. The Hall–Kier alpha value is -2.41. The highest BCUT2D eigenvalue weighted by Gasteiger charge is 2.30. The number of carbonyl (C=O) groups is 1. The van der Waals surface area contributed by atoms with Crippen LogP contribution in [-0.2, 0) is 5.54 Å². The highest BCUT2D eigenvalue weighted by atomic mass is 32.2. The number of nitrogens with two attached hydrogens (primary N) is 1. The lowest BCUT2D eigenvalue weighted by molar-refractivity contribution is 0.102. The lowest BCUT2D eigenvalue weighted by atomic mass is 9.89. The smallest absolute Gasteiger partial charge is 0.274 e. The first-order valence-corrected chi connectivity index (χ1v) is 8.89. The summed E-state index contributed by atoms with van der Waals surface area (Å²) in [5, 5.41) is 3.12. The van der Waals surface area contributed by atoms with Crippen LogP contribution in [0.25, 0.3) is 0 Å². The van der Waals surface area contributed by atoms with E-state index in [9.17, 15) is 9.18 Å². The maximum atomic E-state index is 14.2. The van der Waals surface area contributed by atoms with Crippen molar-refractivity contribution < 1.29 is 9.18 Å². The van der Waals surface area contributed by atoms with Crippen LogP contribution in [0.3, 0.4) is 0 Å². The van der Waals surface area contributed by atoms with E-state index in [4.69, 9.17) is 5.73 Å². The van der Waals surface area contributed by atoms with Gasteiger partial charge in [-0.1, -0.05) is 23.9 Å². The van der Waals surface area contributed by atoms with Gasteiger partial charge in [0.15, 0.2) is 5.17 Å². The second-order valence-electron chi connectivity index (χ2n) is 6.14. The highest BCUT2D eigenvalue weighted by molar-refractivity contribution is 8.13. The molecule has 2 heterocycles. The molecule has 0 bridgehead atoms. The predicted octanol–water partition coefficient (Wildman–Crippen LogP) is 3.45. The lowest BCUT2D eigenvalue weighted by Gasteiger charge is -2.30. The number of hydrogen-bond donors (Lipinski definition) is 2. The first-order chi connectivity index (χ1) is 11.9. The number of aryl methyl sites for hydroxylation is 1. The molecular weight excluding hydrogens is 339 g/mol. The predicted molar refractivity (Wildman–Crippen MR) is 99.4 cm³/mol. The van der Waals surface area contributed by atoms with Gasteiger partial charge in [-0.2, -0.15) is 0 Å². The molecule has 3 N–H and O–H groups in total. The van der Waals surface area contributed by atoms with E-state index in [1.54, 1.807) is 37.3 Å². The summed E-state index contributed by atoms with van der Waals surface area (Å²) in [6.07, 6.45) is 0.789. The van der Waals surface area contributed by atoms with Gasteiger partial charge in [0.05, 0.1) is 11.2 Å². The van der Waals surface area contributed by atoms with Crippen molar-refractivity contribution in [2.75, 3.05) is 11.1 Å². The Kier molecular flexibility index (Phi) is 4.76. The van der Waals surface area contributed by atoms with E-state index >= 15 is 0 Å². The highest BCUT2D eigenvalue weighted by Crippen LogP contribution is 2.36. The van der Waals surface area contributed by atoms with Crippen LogP contribution in [0.2, 0.25) is 0 Å². The molecule has 0 spiro atoms. The molecule has 0 aliphatic carbocycles. The zero-order valence-electron chi connectivity index (χ0n) is 14.0. The average Bonchev–Trinajstić information content (AvgIpc) is 2.56. The number of amidine groups is 1. The third-order valence-corrected chi connectivity index (χ3v) is 4.95. The maximum absolute atomic E-state index is 14.2. The average molecular weight is 358 g/mol. The summed E-state index contributed by atoms with van der Waals surface area (Å²) < 4.78 is 14.2. The minimum absolute atomic E-state index is 0.110. The number of benzene rings is 1. The van der Waals surface area contributed by atoms with E-state index in [-0.39, 0.29) is 11.4 Å². The number of pyridine rings is 1. The number of thioether (sulfide) groups is 1. The van der Waals surface area contributed by atoms with E-state index in [0.29, 0.717) is 5.17 Å². The number of aromatic nitrogens is 1. The van der Waals surface area contributed by atoms with E-state index in [1.165, 1.54) is 17.8 Å². The standard InChI is InChI=1S/C18H19FN4OS/c1-11-4-3-5-14(21-11)16(24)22-15-10-12(6-7-13(15)19)18(2)8-9-25-17(20)23-18/h3-7,10H,8-9H2,1-2H3,(H2,20,23)(H,22,24). The van der Waals surface area contributed by atoms with Crippen molar-refractivity contribution in [2.24, 2.45) is 10.7 Å². The molecule has 2 aromatic rings. The Bertz CT molecular complexity index is 855. The Labute approximate surface area is 149 Å². The number of aliphatic imine (C=N–C) groups is 1. The number of halogens is 1. The second kappa shape index (κ2) is 6.84. The fourth-order valence-electron chi connectivity index (χ4n) is 2.71. The number of anilines is 1. The first-order valence-electron chi connectivity index (χ1n) is 7.90. The van der Waals surface area contributed by atoms with Gasteiger partial charge in [0.1, 0.15) is 11.5 Å². The minimum atomic E-state index is -0.524. The molecule has 1 aliphatic heterocycles. The lowest BCUT2D eigenvalue weighted by Crippen LogP contribution is -2.29. The molecule has 1 aromatic heterocycles. The van der Waals surface area contributed by atoms with E-state index in [0.717, 1.165) is 23.4 Å². The quantitative estimate of drug-likeness (QED) is 0.881. The van der Waals surface area contributed by atoms with Crippen LogP contribution in [0, 0.1) is 12.7 Å². The van der Waals surface area contributed by atoms with Gasteiger partial charge in [-0.3, -0.25) is 9.79 Å². The summed E-state index contributed by atoms with van der Waals surface area (Å²) in [7, 11) is 0. The molecule has 3 rings (SSSR count). The molecule has 1 aliphatic rings. The normalized spacial score (nSPS) is 20.0. The summed E-state index contributed by atoms with van der Waals surface area (Å²) in [5.74, 6) is -0.111. The van der Waals surface area contributed by atoms with Crippen LogP contribution in [-0.4, -0.2) is 21.8 Å². The fourth-order valence-corrected chi connectivity index (χ4v) is 3.68. The molecule has 25 heavy (non-hydrogen) atoms. The zero-order chi connectivity index (χ0) is 18.0. The largest absolute Gasteiger partial charge is 0.379 e. The SMILES string of the molecule is Cc1cccc(C(=O)Nc2cc(C3(C)CCSC(N)=N3)ccc2F)n1. The summed E-state index contributed by atoms with van der Waals surface area (Å²) >= 11 is 1.51. The van der Waals surface area contributed by atoms with Crippen LogP contribution in [0.15, 0.2) is 41.4 Å². The van der Waals surface area contributed by atoms with Gasteiger partial charge in [0.25, 0.3) is 5.91 Å². The molecule has 1 amide bonds. The fraction of sp³-hybridized carbons (Fsp3) is 0.278. The number of hydrogen-bond acceptors (Lipinski definition) is 5. The van der Waals surface area contributed by atoms with Crippen molar-refractivity contribution in [3.05, 3.63) is 59.2 Å². The molecular formula is C18H19FN4OS. The monoisotopic (exact) mass is 358 g/mol. The third-order valence-electron chi connectivity index (χ3n) is 4.15. The molecule has 0 saturated heterocycles. The summed E-state index contributed by atoms with van der Waals surface area (Å²) in [6, 6.07) is 9.77. The van der Waals surface area contributed by atoms with Gasteiger partial charge in [-0.15, -0.1) is 0 Å². The molecule has 7 heteroatoms. The summed E-state index contributed by atoms with van der Waals surface area (Å²) in [5.41, 5.74) is 7.21. The Morgan fingerprint density at radius 2 is 2.16 bits per heavy atom. The Balaban J connectivity index is 1.90. The van der Waals surface area contributed by atoms with Crippen molar-refractivity contribution in [2.45, 2.75) is 25.8 Å². The molecule has 130 valence electrons. The van der Waals surface area contributed by atoms with Crippen LogP contribution < -0.4 is 11.1 Å². The van der Waals surface area contributed by atoms with Crippen LogP contribution in [0.1, 0.15) is 35.1 Å². The number of amides is 1. The number of rotatable bonds is 3. The van der Waals surface area contributed by atoms with E-state index in [2.05, 4.69) is 15.3 Å². The summed E-state index contributed by atoms with van der Waals surface area (Å²) in [6.45, 7) is 3.75. The second-order valence-corrected chi connectivity index (χ2v) is 7.25. The minimum Gasteiger partial charge on any atom is -0.379 e. The van der Waals surface area contributed by atoms with E-state index in [1.807, 2.05) is 6.92 Å². The van der Waals surface area contributed by atoms with Gasteiger partial charge >= 0.3 is 0 Å². The van der Waals surface area contributed by atoms with Crippen molar-refractivity contribution in [1.82, 2.24) is 4.98 Å². The zero-order valence-corrected chi connectivity index (χ0v) is 14.9. The molecule has 5 nitrogen and oxygen atoms in total. The van der Waals surface area contributed by atoms with Crippen LogP contribution in [0.5, 0.6) is 0 Å². The Morgan fingerprint density at radius 1 is 1.36 bits per heavy atom. The number of nitrogens with one attached hydrogen (secondary N) is 1. The molecule has 1 unspecified atom stereocenters. The van der Waals surface area contributed by atoms with Crippen molar-refractivity contribution in [3.8, 4) is 0 Å². The van der Waals surface area contributed by atoms with E-state index < -0.39 is 17.3 Å². The van der Waals surface area contributed by atoms with Crippen molar-refractivity contribution in [1.29, 1.82) is 0 Å². The maximum Gasteiger partial charge on any atom is 0.274 e. The molecule has 0 saturated carbocycles. The van der Waals surface area contributed by atoms with Gasteiger partial charge < -0.3 is 11.1 Å². The number of carbonyl (C=O) groups excluding carboxylic acids is 1. The molecule has 1 aromatic carbocycles. The van der Waals surface area contributed by atoms with Crippen molar-refractivity contribution >= 4 is 28.5 Å². The van der Waals surface area contributed by atoms with Crippen molar-refractivity contribution in [3.63, 3.8) is 0 Å². The van der Waals surface area contributed by atoms with Gasteiger partial charge in [-0.05, 0) is 50.1 Å². The Morgan fingerprint density at radius 3 is 2.88 bits per heavy atom. The van der Waals surface area contributed by atoms with Crippen LogP contribution >= 0.6 is 11.8 Å².